The standard InChI is InChI=1S/C14H16F3N3O/c1-18-12(9-21-10-14(15,16)17)13-7-8-19-20(13)11-5-3-2-4-6-11/h2-8,12,18H,9-10H2,1H3. The Morgan fingerprint density at radius 3 is 2.57 bits per heavy atom. The second-order valence-electron chi connectivity index (χ2n) is 4.47. The zero-order chi connectivity index (χ0) is 15.3. The van der Waals surface area contributed by atoms with Crippen LogP contribution in [0.3, 0.4) is 0 Å². The molecule has 0 aliphatic rings. The summed E-state index contributed by atoms with van der Waals surface area (Å²) in [6, 6.07) is 10.7. The average molecular weight is 299 g/mol. The van der Waals surface area contributed by atoms with Gasteiger partial charge in [0.1, 0.15) is 6.61 Å². The number of hydrogen-bond acceptors (Lipinski definition) is 3. The maximum absolute atomic E-state index is 12.1. The number of alkyl halides is 3. The van der Waals surface area contributed by atoms with Crippen molar-refractivity contribution in [2.45, 2.75) is 12.2 Å². The van der Waals surface area contributed by atoms with Gasteiger partial charge in [-0.15, -0.1) is 0 Å². The predicted octanol–water partition coefficient (Wildman–Crippen LogP) is 2.71. The van der Waals surface area contributed by atoms with Crippen molar-refractivity contribution in [2.24, 2.45) is 0 Å². The lowest BCUT2D eigenvalue weighted by atomic mass is 10.2. The molecular weight excluding hydrogens is 283 g/mol. The number of ether oxygens (including phenoxy) is 1. The molecule has 2 aromatic rings. The highest BCUT2D eigenvalue weighted by molar-refractivity contribution is 5.33. The zero-order valence-electron chi connectivity index (χ0n) is 11.5. The van der Waals surface area contributed by atoms with Crippen molar-refractivity contribution in [2.75, 3.05) is 20.3 Å². The lowest BCUT2D eigenvalue weighted by molar-refractivity contribution is -0.175. The van der Waals surface area contributed by atoms with Gasteiger partial charge in [-0.2, -0.15) is 18.3 Å². The maximum Gasteiger partial charge on any atom is 0.411 e. The fourth-order valence-electron chi connectivity index (χ4n) is 1.97. The van der Waals surface area contributed by atoms with Crippen LogP contribution < -0.4 is 5.32 Å². The second kappa shape index (κ2) is 6.73. The Bertz CT molecular complexity index is 554. The number of likely N-dealkylation sites (N-methyl/N-ethyl adjacent to an activating group) is 1. The van der Waals surface area contributed by atoms with Gasteiger partial charge in [-0.1, -0.05) is 18.2 Å². The van der Waals surface area contributed by atoms with E-state index in [1.165, 1.54) is 0 Å². The van der Waals surface area contributed by atoms with Gasteiger partial charge in [0.05, 0.1) is 24.0 Å². The highest BCUT2D eigenvalue weighted by Crippen LogP contribution is 2.19. The first-order chi connectivity index (χ1) is 10.0. The van der Waals surface area contributed by atoms with Gasteiger partial charge in [-0.3, -0.25) is 0 Å². The summed E-state index contributed by atoms with van der Waals surface area (Å²) in [7, 11) is 1.67. The molecule has 1 atom stereocenters. The molecule has 1 unspecified atom stereocenters. The molecular formula is C14H16F3N3O. The molecule has 0 amide bonds. The van der Waals surface area contributed by atoms with Crippen LogP contribution in [0.1, 0.15) is 11.7 Å². The Hall–Kier alpha value is -1.86. The summed E-state index contributed by atoms with van der Waals surface area (Å²) < 4.78 is 42.8. The molecule has 0 aliphatic heterocycles. The number of halogens is 3. The Kier molecular flexibility index (Phi) is 4.98. The highest BCUT2D eigenvalue weighted by Gasteiger charge is 2.28. The number of hydrogen-bond donors (Lipinski definition) is 1. The van der Waals surface area contributed by atoms with Crippen LogP contribution in [0.5, 0.6) is 0 Å². The van der Waals surface area contributed by atoms with E-state index in [2.05, 4.69) is 10.4 Å². The summed E-state index contributed by atoms with van der Waals surface area (Å²) in [5.74, 6) is 0. The number of para-hydroxylation sites is 1. The van der Waals surface area contributed by atoms with Crippen LogP contribution in [0.4, 0.5) is 13.2 Å². The molecule has 1 heterocycles. The lowest BCUT2D eigenvalue weighted by Gasteiger charge is -2.18. The predicted molar refractivity (Wildman–Crippen MR) is 72.2 cm³/mol. The van der Waals surface area contributed by atoms with Gasteiger partial charge in [0.2, 0.25) is 0 Å². The molecule has 7 heteroatoms. The van der Waals surface area contributed by atoms with E-state index < -0.39 is 12.8 Å². The number of benzene rings is 1. The van der Waals surface area contributed by atoms with Gasteiger partial charge in [0.15, 0.2) is 0 Å². The van der Waals surface area contributed by atoms with E-state index in [4.69, 9.17) is 4.74 Å². The zero-order valence-corrected chi connectivity index (χ0v) is 11.5. The Balaban J connectivity index is 2.11. The highest BCUT2D eigenvalue weighted by atomic mass is 19.4. The number of rotatable bonds is 6. The van der Waals surface area contributed by atoms with Gasteiger partial charge in [-0.05, 0) is 25.2 Å². The van der Waals surface area contributed by atoms with Crippen molar-refractivity contribution >= 4 is 0 Å². The topological polar surface area (TPSA) is 39.1 Å². The summed E-state index contributed by atoms with van der Waals surface area (Å²) in [4.78, 5) is 0. The van der Waals surface area contributed by atoms with Gasteiger partial charge < -0.3 is 10.1 Å². The molecule has 0 spiro atoms. The van der Waals surface area contributed by atoms with Crippen LogP contribution in [-0.2, 0) is 4.74 Å². The largest absolute Gasteiger partial charge is 0.411 e. The van der Waals surface area contributed by atoms with Gasteiger partial charge in [-0.25, -0.2) is 4.68 Å². The molecule has 0 fully saturated rings. The minimum atomic E-state index is -4.32. The average Bonchev–Trinajstić information content (AvgIpc) is 2.92. The van der Waals surface area contributed by atoms with E-state index in [0.29, 0.717) is 0 Å². The molecule has 1 aromatic carbocycles. The second-order valence-corrected chi connectivity index (χ2v) is 4.47. The Morgan fingerprint density at radius 1 is 1.24 bits per heavy atom. The molecule has 114 valence electrons. The summed E-state index contributed by atoms with van der Waals surface area (Å²) in [6.07, 6.45) is -2.71. The van der Waals surface area contributed by atoms with E-state index in [1.807, 2.05) is 30.3 Å². The van der Waals surface area contributed by atoms with Crippen LogP contribution in [-0.4, -0.2) is 36.2 Å². The van der Waals surface area contributed by atoms with Crippen molar-refractivity contribution in [3.63, 3.8) is 0 Å². The summed E-state index contributed by atoms with van der Waals surface area (Å²) in [5, 5.41) is 7.16. The van der Waals surface area contributed by atoms with Gasteiger partial charge >= 0.3 is 6.18 Å². The molecule has 4 nitrogen and oxygen atoms in total. The lowest BCUT2D eigenvalue weighted by Crippen LogP contribution is -2.27. The smallest absolute Gasteiger partial charge is 0.370 e. The van der Waals surface area contributed by atoms with Crippen LogP contribution in [0.15, 0.2) is 42.6 Å². The minimum absolute atomic E-state index is 0.0888. The van der Waals surface area contributed by atoms with Crippen molar-refractivity contribution < 1.29 is 17.9 Å². The summed E-state index contributed by atoms with van der Waals surface area (Å²) in [5.41, 5.74) is 1.58. The van der Waals surface area contributed by atoms with E-state index in [0.717, 1.165) is 11.4 Å². The van der Waals surface area contributed by atoms with E-state index >= 15 is 0 Å². The first-order valence-corrected chi connectivity index (χ1v) is 6.42. The maximum atomic E-state index is 12.1. The van der Waals surface area contributed by atoms with Gasteiger partial charge in [0, 0.05) is 6.20 Å². The minimum Gasteiger partial charge on any atom is -0.370 e. The Labute approximate surface area is 120 Å². The SMILES string of the molecule is CNC(COCC(F)(F)F)c1ccnn1-c1ccccc1. The summed E-state index contributed by atoms with van der Waals surface area (Å²) >= 11 is 0. The Morgan fingerprint density at radius 2 is 1.95 bits per heavy atom. The van der Waals surface area contributed by atoms with Crippen molar-refractivity contribution in [3.8, 4) is 5.69 Å². The molecule has 0 bridgehead atoms. The van der Waals surface area contributed by atoms with Crippen LogP contribution in [0.25, 0.3) is 5.69 Å². The normalized spacial score (nSPS) is 13.3. The third kappa shape index (κ3) is 4.30. The molecule has 0 saturated carbocycles. The number of nitrogens with zero attached hydrogens (tertiary/aromatic N) is 2. The van der Waals surface area contributed by atoms with Crippen LogP contribution in [0, 0.1) is 0 Å². The third-order valence-corrected chi connectivity index (χ3v) is 2.93. The first-order valence-electron chi connectivity index (χ1n) is 6.42. The fourth-order valence-corrected chi connectivity index (χ4v) is 1.97. The molecule has 2 rings (SSSR count). The first kappa shape index (κ1) is 15.5. The molecule has 21 heavy (non-hydrogen) atoms. The van der Waals surface area contributed by atoms with Gasteiger partial charge in [0.25, 0.3) is 0 Å². The molecule has 1 aromatic heterocycles. The van der Waals surface area contributed by atoms with Crippen LogP contribution in [0.2, 0.25) is 0 Å². The molecule has 0 saturated heterocycles. The third-order valence-electron chi connectivity index (χ3n) is 2.93. The van der Waals surface area contributed by atoms with E-state index in [9.17, 15) is 13.2 Å². The summed E-state index contributed by atoms with van der Waals surface area (Å²) in [6.45, 7) is -1.35. The van der Waals surface area contributed by atoms with Crippen molar-refractivity contribution in [1.82, 2.24) is 15.1 Å². The monoisotopic (exact) mass is 299 g/mol. The molecule has 1 N–H and O–H groups in total. The number of nitrogens with one attached hydrogen (secondary N) is 1. The van der Waals surface area contributed by atoms with Crippen molar-refractivity contribution in [1.29, 1.82) is 0 Å². The van der Waals surface area contributed by atoms with E-state index in [1.54, 1.807) is 24.0 Å². The van der Waals surface area contributed by atoms with E-state index in [-0.39, 0.29) is 12.6 Å². The molecule has 0 aliphatic carbocycles. The quantitative estimate of drug-likeness (QED) is 0.891. The number of aromatic nitrogens is 2. The fraction of sp³-hybridized carbons (Fsp3) is 0.357. The van der Waals surface area contributed by atoms with Crippen molar-refractivity contribution in [3.05, 3.63) is 48.3 Å². The van der Waals surface area contributed by atoms with Crippen LogP contribution >= 0.6 is 0 Å². The molecule has 0 radical (unpaired) electrons.